The third-order valence-electron chi connectivity index (χ3n) is 5.34. The molecule has 2 saturated carbocycles. The van der Waals surface area contributed by atoms with Crippen molar-refractivity contribution in [2.75, 3.05) is 6.54 Å². The number of hydrogen-bond donors (Lipinski definition) is 4. The molecule has 0 radical (unpaired) electrons. The summed E-state index contributed by atoms with van der Waals surface area (Å²) in [6.45, 7) is -0.0290. The molecule has 1 unspecified atom stereocenters. The number of hydrogen-bond acceptors (Lipinski definition) is 4. The number of nitrogens with one attached hydrogen (secondary N) is 1. The molecule has 0 bridgehead atoms. The van der Waals surface area contributed by atoms with E-state index in [2.05, 4.69) is 5.32 Å². The molecular weight excluding hydrogens is 348 g/mol. The van der Waals surface area contributed by atoms with E-state index in [9.17, 15) is 24.6 Å². The number of carbonyl (C=O) groups is 3. The fourth-order valence-electron chi connectivity index (χ4n) is 3.97. The first kappa shape index (κ1) is 19.2. The summed E-state index contributed by atoms with van der Waals surface area (Å²) in [6, 6.07) is 8.68. The van der Waals surface area contributed by atoms with Crippen LogP contribution in [0, 0.1) is 17.8 Å². The molecule has 2 aliphatic carbocycles. The molecule has 5 N–H and O–H groups in total. The largest absolute Gasteiger partial charge is 0.481 e. The van der Waals surface area contributed by atoms with Gasteiger partial charge in [0.05, 0.1) is 5.92 Å². The predicted octanol–water partition coefficient (Wildman–Crippen LogP) is 0.831. The van der Waals surface area contributed by atoms with E-state index >= 15 is 0 Å². The van der Waals surface area contributed by atoms with Crippen molar-refractivity contribution in [3.05, 3.63) is 35.9 Å². The summed E-state index contributed by atoms with van der Waals surface area (Å²) in [6.07, 6.45) is 0.996. The van der Waals surface area contributed by atoms with Gasteiger partial charge in [0.1, 0.15) is 5.54 Å². The van der Waals surface area contributed by atoms with E-state index in [0.29, 0.717) is 18.4 Å². The summed E-state index contributed by atoms with van der Waals surface area (Å²) in [7, 11) is 0. The number of amides is 1. The average Bonchev–Trinajstić information content (AvgIpc) is 3.19. The molecule has 2 fully saturated rings. The highest BCUT2D eigenvalue weighted by molar-refractivity contribution is 5.88. The summed E-state index contributed by atoms with van der Waals surface area (Å²) in [4.78, 5) is 35.1. The smallest absolute Gasteiger partial charge is 0.323 e. The Morgan fingerprint density at radius 1 is 1.24 bits per heavy atom. The maximum Gasteiger partial charge on any atom is 0.323 e. The minimum absolute atomic E-state index is 0. The van der Waals surface area contributed by atoms with Crippen molar-refractivity contribution in [2.24, 2.45) is 23.5 Å². The molecule has 0 heterocycles. The first-order chi connectivity index (χ1) is 11.4. The Bertz CT molecular complexity index is 683. The highest BCUT2D eigenvalue weighted by Gasteiger charge is 2.69. The van der Waals surface area contributed by atoms with E-state index in [4.69, 9.17) is 5.73 Å². The van der Waals surface area contributed by atoms with Crippen LogP contribution >= 0.6 is 12.4 Å². The van der Waals surface area contributed by atoms with E-state index in [1.54, 1.807) is 30.3 Å². The lowest BCUT2D eigenvalue weighted by Crippen LogP contribution is -2.50. The standard InChI is InChI=1S/C17H20N2O5.ClH/c18-17(16(23)24)7-6-10-12(13(10)17)14(20)19-8-11(15(21)22)9-4-2-1-3-5-9;/h1-5,10-13H,6-8,18H2,(H,19,20)(H,21,22)(H,23,24);1H/t10-,11?,12-,13-,17-;/m0./s1. The minimum atomic E-state index is -1.34. The van der Waals surface area contributed by atoms with Gasteiger partial charge in [-0.2, -0.15) is 0 Å². The molecule has 3 rings (SSSR count). The molecule has 2 aliphatic rings. The lowest BCUT2D eigenvalue weighted by molar-refractivity contribution is -0.144. The number of benzene rings is 1. The van der Waals surface area contributed by atoms with Crippen molar-refractivity contribution in [1.29, 1.82) is 0 Å². The Morgan fingerprint density at radius 2 is 1.88 bits per heavy atom. The summed E-state index contributed by atoms with van der Waals surface area (Å²) in [5.74, 6) is -4.01. The fraction of sp³-hybridized carbons (Fsp3) is 0.471. The van der Waals surface area contributed by atoms with Gasteiger partial charge in [-0.3, -0.25) is 14.4 Å². The molecule has 5 atom stereocenters. The monoisotopic (exact) mass is 368 g/mol. The van der Waals surface area contributed by atoms with Gasteiger partial charge < -0.3 is 21.3 Å². The van der Waals surface area contributed by atoms with Crippen LogP contribution < -0.4 is 11.1 Å². The van der Waals surface area contributed by atoms with Gasteiger partial charge in [0, 0.05) is 18.4 Å². The van der Waals surface area contributed by atoms with Crippen molar-refractivity contribution in [2.45, 2.75) is 24.3 Å². The highest BCUT2D eigenvalue weighted by Crippen LogP contribution is 2.61. The van der Waals surface area contributed by atoms with Crippen LogP contribution in [0.25, 0.3) is 0 Å². The van der Waals surface area contributed by atoms with Gasteiger partial charge in [-0.05, 0) is 24.3 Å². The van der Waals surface area contributed by atoms with Gasteiger partial charge in [-0.25, -0.2) is 0 Å². The molecule has 0 aromatic heterocycles. The second-order valence-electron chi connectivity index (χ2n) is 6.65. The number of halogens is 1. The molecule has 8 heteroatoms. The number of aliphatic carboxylic acids is 2. The molecule has 1 amide bonds. The van der Waals surface area contributed by atoms with Crippen molar-refractivity contribution in [3.8, 4) is 0 Å². The Kier molecular flexibility index (Phi) is 5.39. The Morgan fingerprint density at radius 3 is 2.44 bits per heavy atom. The third-order valence-corrected chi connectivity index (χ3v) is 5.34. The van der Waals surface area contributed by atoms with E-state index in [0.717, 1.165) is 0 Å². The normalized spacial score (nSPS) is 30.5. The van der Waals surface area contributed by atoms with Gasteiger partial charge in [-0.15, -0.1) is 12.4 Å². The SMILES string of the molecule is Cl.N[C@@]1(C(=O)O)CC[C@H]2[C@H](C(=O)NCC(C(=O)O)c3ccccc3)[C@H]21. The molecule has 25 heavy (non-hydrogen) atoms. The highest BCUT2D eigenvalue weighted by atomic mass is 35.5. The summed E-state index contributed by atoms with van der Waals surface area (Å²) in [5.41, 5.74) is 5.21. The molecule has 7 nitrogen and oxygen atoms in total. The lowest BCUT2D eigenvalue weighted by atomic mass is 9.91. The van der Waals surface area contributed by atoms with Gasteiger partial charge in [0.15, 0.2) is 0 Å². The fourth-order valence-corrected chi connectivity index (χ4v) is 3.97. The van der Waals surface area contributed by atoms with Gasteiger partial charge in [0.25, 0.3) is 0 Å². The van der Waals surface area contributed by atoms with Gasteiger partial charge >= 0.3 is 11.9 Å². The zero-order valence-corrected chi connectivity index (χ0v) is 14.2. The van der Waals surface area contributed by atoms with E-state index < -0.39 is 29.3 Å². The first-order valence-corrected chi connectivity index (χ1v) is 7.94. The summed E-state index contributed by atoms with van der Waals surface area (Å²) < 4.78 is 0. The van der Waals surface area contributed by atoms with Gasteiger partial charge in [-0.1, -0.05) is 30.3 Å². The van der Waals surface area contributed by atoms with Crippen molar-refractivity contribution in [1.82, 2.24) is 5.32 Å². The van der Waals surface area contributed by atoms with Crippen LogP contribution in [0.1, 0.15) is 24.3 Å². The Balaban J connectivity index is 0.00000225. The van der Waals surface area contributed by atoms with E-state index in [1.807, 2.05) is 0 Å². The van der Waals surface area contributed by atoms with Crippen LogP contribution in [0.2, 0.25) is 0 Å². The quantitative estimate of drug-likeness (QED) is 0.588. The summed E-state index contributed by atoms with van der Waals surface area (Å²) in [5, 5.41) is 21.3. The second-order valence-corrected chi connectivity index (χ2v) is 6.65. The molecule has 0 spiro atoms. The molecule has 0 saturated heterocycles. The number of carboxylic acids is 2. The predicted molar refractivity (Wildman–Crippen MR) is 91.3 cm³/mol. The molecular formula is C17H21ClN2O5. The van der Waals surface area contributed by atoms with Crippen molar-refractivity contribution < 1.29 is 24.6 Å². The average molecular weight is 369 g/mol. The Hall–Kier alpha value is -2.12. The van der Waals surface area contributed by atoms with Crippen LogP contribution in [0.15, 0.2) is 30.3 Å². The van der Waals surface area contributed by atoms with E-state index in [-0.39, 0.29) is 36.7 Å². The number of carboxylic acid groups (broad SMARTS) is 2. The third kappa shape index (κ3) is 3.34. The maximum atomic E-state index is 12.3. The Labute approximate surface area is 151 Å². The van der Waals surface area contributed by atoms with Crippen LogP contribution in [0.3, 0.4) is 0 Å². The molecule has 0 aliphatic heterocycles. The maximum absolute atomic E-state index is 12.3. The van der Waals surface area contributed by atoms with Crippen LogP contribution in [-0.2, 0) is 14.4 Å². The summed E-state index contributed by atoms with van der Waals surface area (Å²) >= 11 is 0. The molecule has 1 aromatic carbocycles. The number of rotatable bonds is 6. The van der Waals surface area contributed by atoms with Crippen LogP contribution in [0.4, 0.5) is 0 Å². The molecule has 1 aromatic rings. The first-order valence-electron chi connectivity index (χ1n) is 7.94. The van der Waals surface area contributed by atoms with Crippen molar-refractivity contribution in [3.63, 3.8) is 0 Å². The lowest BCUT2D eigenvalue weighted by Gasteiger charge is -2.22. The zero-order chi connectivity index (χ0) is 17.5. The van der Waals surface area contributed by atoms with Crippen molar-refractivity contribution >= 4 is 30.3 Å². The topological polar surface area (TPSA) is 130 Å². The van der Waals surface area contributed by atoms with E-state index in [1.165, 1.54) is 0 Å². The zero-order valence-electron chi connectivity index (χ0n) is 13.4. The number of carbonyl (C=O) groups excluding carboxylic acids is 1. The number of fused-ring (bicyclic) bond motifs is 1. The molecule has 136 valence electrons. The van der Waals surface area contributed by atoms with Gasteiger partial charge in [0.2, 0.25) is 5.91 Å². The van der Waals surface area contributed by atoms with Crippen LogP contribution in [0.5, 0.6) is 0 Å². The minimum Gasteiger partial charge on any atom is -0.481 e. The van der Waals surface area contributed by atoms with Crippen LogP contribution in [-0.4, -0.2) is 40.1 Å². The number of nitrogens with two attached hydrogens (primary N) is 1. The second kappa shape index (κ2) is 7.01.